The largest absolute Gasteiger partial charge is 0.444 e. The van der Waals surface area contributed by atoms with Crippen LogP contribution in [0.5, 0.6) is 0 Å². The highest BCUT2D eigenvalue weighted by Gasteiger charge is 2.71. The highest BCUT2D eigenvalue weighted by molar-refractivity contribution is 7.93. The lowest BCUT2D eigenvalue weighted by atomic mass is 9.45. The van der Waals surface area contributed by atoms with E-state index in [9.17, 15) is 13.2 Å². The molecular formula is C28H37NO4S. The Bertz CT molecular complexity index is 1110. The molecule has 0 radical (unpaired) electrons. The SMILES string of the molecule is Cc1ccc(S(=O)(=O)[C@]23C=C[C@H]([C@H]2C24CC5CC(CC(C5)C2)C4)N(C(=O)OC(C)(C)C)C3)cc1. The number of hydrogen-bond acceptors (Lipinski definition) is 4. The minimum atomic E-state index is -3.71. The number of aryl methyl sites for hydroxylation is 1. The Kier molecular flexibility index (Phi) is 4.74. The van der Waals surface area contributed by atoms with E-state index in [0.29, 0.717) is 22.6 Å². The van der Waals surface area contributed by atoms with Gasteiger partial charge in [0.15, 0.2) is 9.84 Å². The fourth-order valence-electron chi connectivity index (χ4n) is 8.80. The Balaban J connectivity index is 1.46. The van der Waals surface area contributed by atoms with Crippen LogP contribution in [0.1, 0.15) is 64.9 Å². The van der Waals surface area contributed by atoms with Crippen LogP contribution in [0.3, 0.4) is 0 Å². The Morgan fingerprint density at radius 1 is 1.00 bits per heavy atom. The lowest BCUT2D eigenvalue weighted by molar-refractivity contribution is -0.0913. The second kappa shape index (κ2) is 7.11. The molecule has 1 aromatic rings. The van der Waals surface area contributed by atoms with Crippen molar-refractivity contribution < 1.29 is 17.9 Å². The van der Waals surface area contributed by atoms with Gasteiger partial charge in [0, 0.05) is 12.5 Å². The second-order valence-corrected chi connectivity index (χ2v) is 15.2. The van der Waals surface area contributed by atoms with E-state index >= 15 is 0 Å². The van der Waals surface area contributed by atoms with Crippen molar-refractivity contribution in [2.75, 3.05) is 6.54 Å². The Labute approximate surface area is 203 Å². The van der Waals surface area contributed by atoms with Gasteiger partial charge in [0.05, 0.1) is 10.9 Å². The van der Waals surface area contributed by atoms with Crippen molar-refractivity contribution in [1.29, 1.82) is 0 Å². The number of carbonyl (C=O) groups is 1. The molecule has 4 saturated carbocycles. The fraction of sp³-hybridized carbons (Fsp3) is 0.679. The van der Waals surface area contributed by atoms with Crippen LogP contribution in [0.25, 0.3) is 0 Å². The molecule has 1 saturated heterocycles. The summed E-state index contributed by atoms with van der Waals surface area (Å²) in [6.07, 6.45) is 10.8. The number of benzene rings is 1. The van der Waals surface area contributed by atoms with Gasteiger partial charge in [-0.15, -0.1) is 0 Å². The van der Waals surface area contributed by atoms with Crippen molar-refractivity contribution in [2.24, 2.45) is 29.1 Å². The average molecular weight is 484 g/mol. The highest BCUT2D eigenvalue weighted by atomic mass is 32.2. The summed E-state index contributed by atoms with van der Waals surface area (Å²) < 4.78 is 33.6. The number of sulfone groups is 1. The lowest BCUT2D eigenvalue weighted by Gasteiger charge is -2.60. The molecule has 1 aromatic carbocycles. The molecule has 6 bridgehead atoms. The first-order chi connectivity index (χ1) is 15.9. The van der Waals surface area contributed by atoms with Crippen LogP contribution in [-0.4, -0.2) is 42.3 Å². The van der Waals surface area contributed by atoms with Crippen LogP contribution in [0, 0.1) is 36.0 Å². The summed E-state index contributed by atoms with van der Waals surface area (Å²) in [4.78, 5) is 15.4. The van der Waals surface area contributed by atoms with Gasteiger partial charge in [-0.25, -0.2) is 13.2 Å². The molecule has 5 aliphatic carbocycles. The maximum atomic E-state index is 14.5. The number of likely N-dealkylation sites (tertiary alicyclic amines) is 1. The number of ether oxygens (including phenoxy) is 1. The van der Waals surface area contributed by atoms with E-state index in [1.54, 1.807) is 17.0 Å². The van der Waals surface area contributed by atoms with Crippen molar-refractivity contribution in [3.05, 3.63) is 42.0 Å². The number of amides is 1. The summed E-state index contributed by atoms with van der Waals surface area (Å²) in [5.41, 5.74) is 0.398. The van der Waals surface area contributed by atoms with Crippen molar-refractivity contribution in [2.45, 2.75) is 87.5 Å². The maximum absolute atomic E-state index is 14.5. The predicted octanol–water partition coefficient (Wildman–Crippen LogP) is 5.53. The quantitative estimate of drug-likeness (QED) is 0.531. The zero-order valence-electron chi connectivity index (χ0n) is 20.8. The van der Waals surface area contributed by atoms with E-state index in [2.05, 4.69) is 0 Å². The van der Waals surface area contributed by atoms with Crippen LogP contribution in [0.15, 0.2) is 41.3 Å². The fourth-order valence-corrected chi connectivity index (χ4v) is 11.0. The number of carbonyl (C=O) groups excluding carboxylic acids is 1. The summed E-state index contributed by atoms with van der Waals surface area (Å²) in [5, 5.41) is 0. The Hall–Kier alpha value is -1.82. The van der Waals surface area contributed by atoms with Crippen LogP contribution in [0.2, 0.25) is 0 Å². The van der Waals surface area contributed by atoms with E-state index in [4.69, 9.17) is 4.74 Å². The van der Waals surface area contributed by atoms with Crippen molar-refractivity contribution in [3.8, 4) is 0 Å². The zero-order chi connectivity index (χ0) is 24.1. The molecule has 1 aliphatic heterocycles. The summed E-state index contributed by atoms with van der Waals surface area (Å²) in [5.74, 6) is 2.02. The molecule has 34 heavy (non-hydrogen) atoms. The van der Waals surface area contributed by atoms with E-state index in [0.717, 1.165) is 24.8 Å². The lowest BCUT2D eigenvalue weighted by Crippen LogP contribution is -2.57. The molecule has 7 rings (SSSR count). The van der Waals surface area contributed by atoms with Gasteiger partial charge >= 0.3 is 6.09 Å². The molecule has 6 heteroatoms. The Morgan fingerprint density at radius 2 is 1.56 bits per heavy atom. The summed E-state index contributed by atoms with van der Waals surface area (Å²) in [6.45, 7) is 7.75. The minimum absolute atomic E-state index is 0.0164. The second-order valence-electron chi connectivity index (χ2n) is 13.0. The molecule has 5 nitrogen and oxygen atoms in total. The monoisotopic (exact) mass is 483 g/mol. The number of fused-ring (bicyclic) bond motifs is 2. The normalized spacial score (nSPS) is 40.2. The van der Waals surface area contributed by atoms with Gasteiger partial charge in [-0.1, -0.05) is 29.8 Å². The van der Waals surface area contributed by atoms with Gasteiger partial charge in [-0.05, 0) is 102 Å². The van der Waals surface area contributed by atoms with Crippen molar-refractivity contribution in [3.63, 3.8) is 0 Å². The first-order valence-electron chi connectivity index (χ1n) is 12.9. The molecule has 184 valence electrons. The summed E-state index contributed by atoms with van der Waals surface area (Å²) in [7, 11) is -3.71. The first kappa shape index (κ1) is 22.6. The molecular weight excluding hydrogens is 446 g/mol. The first-order valence-corrected chi connectivity index (χ1v) is 14.4. The average Bonchev–Trinajstić information content (AvgIpc) is 3.28. The smallest absolute Gasteiger partial charge is 0.410 e. The van der Waals surface area contributed by atoms with Crippen LogP contribution in [-0.2, 0) is 14.6 Å². The van der Waals surface area contributed by atoms with Crippen LogP contribution in [0.4, 0.5) is 4.79 Å². The van der Waals surface area contributed by atoms with Gasteiger partial charge in [-0.2, -0.15) is 0 Å². The van der Waals surface area contributed by atoms with Gasteiger partial charge in [-0.3, -0.25) is 4.90 Å². The molecule has 0 unspecified atom stereocenters. The third kappa shape index (κ3) is 3.16. The molecule has 6 aliphatic rings. The minimum Gasteiger partial charge on any atom is -0.444 e. The van der Waals surface area contributed by atoms with Crippen LogP contribution < -0.4 is 0 Å². The van der Waals surface area contributed by atoms with Gasteiger partial charge in [0.25, 0.3) is 0 Å². The predicted molar refractivity (Wildman–Crippen MR) is 131 cm³/mol. The Morgan fingerprint density at radius 3 is 2.09 bits per heavy atom. The number of nitrogens with zero attached hydrogens (tertiary/aromatic N) is 1. The highest BCUT2D eigenvalue weighted by Crippen LogP contribution is 2.68. The van der Waals surface area contributed by atoms with Gasteiger partial charge < -0.3 is 4.74 Å². The molecule has 3 atom stereocenters. The molecule has 1 amide bonds. The number of rotatable bonds is 3. The molecule has 5 fully saturated rings. The molecule has 0 N–H and O–H groups in total. The molecule has 0 aromatic heterocycles. The summed E-state index contributed by atoms with van der Waals surface area (Å²) in [6, 6.07) is 7.02. The van der Waals surface area contributed by atoms with Crippen LogP contribution >= 0.6 is 0 Å². The van der Waals surface area contributed by atoms with Gasteiger partial charge in [0.1, 0.15) is 10.3 Å². The molecule has 0 spiro atoms. The van der Waals surface area contributed by atoms with Crippen molar-refractivity contribution >= 4 is 15.9 Å². The summed E-state index contributed by atoms with van der Waals surface area (Å²) >= 11 is 0. The molecule has 1 heterocycles. The maximum Gasteiger partial charge on any atom is 0.410 e. The van der Waals surface area contributed by atoms with E-state index in [-0.39, 0.29) is 23.9 Å². The third-order valence-corrected chi connectivity index (χ3v) is 11.8. The number of hydrogen-bond donors (Lipinski definition) is 0. The van der Waals surface area contributed by atoms with Gasteiger partial charge in [0.2, 0.25) is 0 Å². The van der Waals surface area contributed by atoms with Crippen molar-refractivity contribution in [1.82, 2.24) is 4.90 Å². The van der Waals surface area contributed by atoms with E-state index < -0.39 is 26.3 Å². The third-order valence-electron chi connectivity index (χ3n) is 9.43. The zero-order valence-corrected chi connectivity index (χ0v) is 21.6. The standard InChI is InChI=1S/C28H37NO4S/c1-18-5-7-22(8-6-18)34(31,32)28-10-9-23(29(17-28)25(30)33-26(2,3)4)24(28)27-14-19-11-20(15-27)13-21(12-19)16-27/h5-10,19-21,23-24H,11-17H2,1-4H3/t19?,20?,21?,23-,24+,27?,28+/m1/s1. The topological polar surface area (TPSA) is 63.7 Å². The van der Waals surface area contributed by atoms with E-state index in [1.807, 2.05) is 52.0 Å². The van der Waals surface area contributed by atoms with E-state index in [1.165, 1.54) is 19.3 Å².